The molecule has 2 rings (SSSR count). The molecule has 86 valence electrons. The van der Waals surface area contributed by atoms with Crippen LogP contribution in [0.25, 0.3) is 0 Å². The fraction of sp³-hybridized carbons (Fsp3) is 0.429. The van der Waals surface area contributed by atoms with Gasteiger partial charge in [0.05, 0.1) is 12.3 Å². The third kappa shape index (κ3) is 2.78. The van der Waals surface area contributed by atoms with Gasteiger partial charge in [-0.1, -0.05) is 24.3 Å². The minimum atomic E-state index is 0.454. The molecule has 1 aliphatic carbocycles. The summed E-state index contributed by atoms with van der Waals surface area (Å²) in [7, 11) is 0. The first-order valence-electron chi connectivity index (χ1n) is 6.05. The highest BCUT2D eigenvalue weighted by Crippen LogP contribution is 2.26. The fourth-order valence-corrected chi connectivity index (χ4v) is 2.00. The van der Waals surface area contributed by atoms with E-state index in [1.54, 1.807) is 0 Å². The molecular weight excluding hydrogens is 198 g/mol. The first kappa shape index (κ1) is 11.1. The van der Waals surface area contributed by atoms with E-state index >= 15 is 0 Å². The van der Waals surface area contributed by atoms with Gasteiger partial charge in [-0.15, -0.1) is 0 Å². The molecule has 0 amide bonds. The molecular formula is C14H19NO. The van der Waals surface area contributed by atoms with E-state index in [9.17, 15) is 0 Å². The maximum Gasteiger partial charge on any atom is 0.142 e. The van der Waals surface area contributed by atoms with Gasteiger partial charge in [-0.3, -0.25) is 0 Å². The Morgan fingerprint density at radius 2 is 2.25 bits per heavy atom. The Balaban J connectivity index is 2.07. The maximum absolute atomic E-state index is 5.59. The summed E-state index contributed by atoms with van der Waals surface area (Å²) in [6.07, 6.45) is 8.20. The number of ether oxygens (including phenoxy) is 1. The highest BCUT2D eigenvalue weighted by molar-refractivity contribution is 5.57. The molecule has 1 aromatic rings. The number of benzene rings is 1. The summed E-state index contributed by atoms with van der Waals surface area (Å²) >= 11 is 0. The normalized spacial score (nSPS) is 19.4. The molecule has 0 saturated carbocycles. The third-order valence-corrected chi connectivity index (χ3v) is 2.78. The second kappa shape index (κ2) is 5.59. The van der Waals surface area contributed by atoms with Gasteiger partial charge < -0.3 is 10.1 Å². The lowest BCUT2D eigenvalue weighted by Gasteiger charge is -2.21. The van der Waals surface area contributed by atoms with Crippen LogP contribution in [0.3, 0.4) is 0 Å². The smallest absolute Gasteiger partial charge is 0.142 e. The topological polar surface area (TPSA) is 21.3 Å². The Morgan fingerprint density at radius 1 is 1.38 bits per heavy atom. The monoisotopic (exact) mass is 217 g/mol. The van der Waals surface area contributed by atoms with Crippen LogP contribution in [0.5, 0.6) is 5.75 Å². The van der Waals surface area contributed by atoms with E-state index < -0.39 is 0 Å². The number of para-hydroxylation sites is 2. The minimum absolute atomic E-state index is 0.454. The SMILES string of the molecule is CCOc1ccccc1NC1C=CCCC1. The Kier molecular flexibility index (Phi) is 3.86. The molecule has 1 aliphatic rings. The van der Waals surface area contributed by atoms with E-state index in [4.69, 9.17) is 4.74 Å². The first-order valence-corrected chi connectivity index (χ1v) is 6.05. The molecule has 0 aromatic heterocycles. The number of anilines is 1. The van der Waals surface area contributed by atoms with Crippen LogP contribution in [-0.2, 0) is 0 Å². The van der Waals surface area contributed by atoms with Gasteiger partial charge in [-0.25, -0.2) is 0 Å². The summed E-state index contributed by atoms with van der Waals surface area (Å²) in [6, 6.07) is 8.59. The summed E-state index contributed by atoms with van der Waals surface area (Å²) in [5.41, 5.74) is 1.10. The summed E-state index contributed by atoms with van der Waals surface area (Å²) in [5.74, 6) is 0.948. The molecule has 0 aliphatic heterocycles. The van der Waals surface area contributed by atoms with E-state index in [2.05, 4.69) is 23.5 Å². The van der Waals surface area contributed by atoms with Gasteiger partial charge in [0, 0.05) is 6.04 Å². The summed E-state index contributed by atoms with van der Waals surface area (Å²) in [5, 5.41) is 3.52. The molecule has 1 aromatic carbocycles. The van der Waals surface area contributed by atoms with Gasteiger partial charge in [0.1, 0.15) is 5.75 Å². The molecule has 0 bridgehead atoms. The summed E-state index contributed by atoms with van der Waals surface area (Å²) in [6.45, 7) is 2.72. The molecule has 0 spiro atoms. The average molecular weight is 217 g/mol. The quantitative estimate of drug-likeness (QED) is 0.778. The van der Waals surface area contributed by atoms with Gasteiger partial charge in [-0.2, -0.15) is 0 Å². The first-order chi connectivity index (χ1) is 7.90. The van der Waals surface area contributed by atoms with Crippen LogP contribution < -0.4 is 10.1 Å². The fourth-order valence-electron chi connectivity index (χ4n) is 2.00. The van der Waals surface area contributed by atoms with E-state index in [1.165, 1.54) is 19.3 Å². The van der Waals surface area contributed by atoms with Crippen LogP contribution >= 0.6 is 0 Å². The van der Waals surface area contributed by atoms with Crippen molar-refractivity contribution in [2.75, 3.05) is 11.9 Å². The highest BCUT2D eigenvalue weighted by atomic mass is 16.5. The van der Waals surface area contributed by atoms with Gasteiger partial charge in [-0.05, 0) is 38.3 Å². The standard InChI is InChI=1S/C14H19NO/c1-2-16-14-11-7-6-10-13(14)15-12-8-4-3-5-9-12/h4,6-8,10-12,15H,2-3,5,9H2,1H3. The Labute approximate surface area is 97.3 Å². The Morgan fingerprint density at radius 3 is 3.00 bits per heavy atom. The van der Waals surface area contributed by atoms with Crippen LogP contribution in [0.15, 0.2) is 36.4 Å². The maximum atomic E-state index is 5.59. The molecule has 2 nitrogen and oxygen atoms in total. The summed E-state index contributed by atoms with van der Waals surface area (Å²) in [4.78, 5) is 0. The molecule has 1 unspecified atom stereocenters. The number of hydrogen-bond acceptors (Lipinski definition) is 2. The summed E-state index contributed by atoms with van der Waals surface area (Å²) < 4.78 is 5.59. The predicted octanol–water partition coefficient (Wildman–Crippen LogP) is 3.61. The average Bonchev–Trinajstić information content (AvgIpc) is 2.33. The lowest BCUT2D eigenvalue weighted by molar-refractivity contribution is 0.341. The van der Waals surface area contributed by atoms with Crippen molar-refractivity contribution >= 4 is 5.69 Å². The van der Waals surface area contributed by atoms with Crippen molar-refractivity contribution in [3.63, 3.8) is 0 Å². The Hall–Kier alpha value is -1.44. The van der Waals surface area contributed by atoms with Crippen molar-refractivity contribution in [3.05, 3.63) is 36.4 Å². The van der Waals surface area contributed by atoms with Crippen molar-refractivity contribution in [1.29, 1.82) is 0 Å². The Bertz CT molecular complexity index is 360. The van der Waals surface area contributed by atoms with Gasteiger partial charge >= 0.3 is 0 Å². The van der Waals surface area contributed by atoms with Crippen LogP contribution in [0.4, 0.5) is 5.69 Å². The van der Waals surface area contributed by atoms with Crippen molar-refractivity contribution in [1.82, 2.24) is 0 Å². The number of rotatable bonds is 4. The number of nitrogens with one attached hydrogen (secondary N) is 1. The second-order valence-corrected chi connectivity index (χ2v) is 4.04. The van der Waals surface area contributed by atoms with Gasteiger partial charge in [0.15, 0.2) is 0 Å². The lowest BCUT2D eigenvalue weighted by atomic mass is 10.0. The van der Waals surface area contributed by atoms with Crippen molar-refractivity contribution in [2.45, 2.75) is 32.2 Å². The van der Waals surface area contributed by atoms with E-state index in [1.807, 2.05) is 25.1 Å². The zero-order valence-corrected chi connectivity index (χ0v) is 9.78. The lowest BCUT2D eigenvalue weighted by Crippen LogP contribution is -2.19. The van der Waals surface area contributed by atoms with Crippen LogP contribution in [0, 0.1) is 0 Å². The van der Waals surface area contributed by atoms with Gasteiger partial charge in [0.25, 0.3) is 0 Å². The number of allylic oxidation sites excluding steroid dienone is 1. The van der Waals surface area contributed by atoms with Crippen LogP contribution in [0.1, 0.15) is 26.2 Å². The van der Waals surface area contributed by atoms with Gasteiger partial charge in [0.2, 0.25) is 0 Å². The van der Waals surface area contributed by atoms with Crippen LogP contribution in [-0.4, -0.2) is 12.6 Å². The molecule has 0 saturated heterocycles. The minimum Gasteiger partial charge on any atom is -0.492 e. The van der Waals surface area contributed by atoms with E-state index in [-0.39, 0.29) is 0 Å². The van der Waals surface area contributed by atoms with E-state index in [0.717, 1.165) is 11.4 Å². The molecule has 16 heavy (non-hydrogen) atoms. The number of hydrogen-bond donors (Lipinski definition) is 1. The predicted molar refractivity (Wildman–Crippen MR) is 68.0 cm³/mol. The van der Waals surface area contributed by atoms with E-state index in [0.29, 0.717) is 12.6 Å². The second-order valence-electron chi connectivity index (χ2n) is 4.04. The molecule has 0 heterocycles. The van der Waals surface area contributed by atoms with Crippen LogP contribution in [0.2, 0.25) is 0 Å². The molecule has 1 atom stereocenters. The zero-order valence-electron chi connectivity index (χ0n) is 9.78. The zero-order chi connectivity index (χ0) is 11.2. The molecule has 2 heteroatoms. The highest BCUT2D eigenvalue weighted by Gasteiger charge is 2.10. The molecule has 0 fully saturated rings. The van der Waals surface area contributed by atoms with Crippen molar-refractivity contribution < 1.29 is 4.74 Å². The molecule has 1 N–H and O–H groups in total. The largest absolute Gasteiger partial charge is 0.492 e. The van der Waals surface area contributed by atoms with Crippen molar-refractivity contribution in [3.8, 4) is 5.75 Å². The van der Waals surface area contributed by atoms with Crippen molar-refractivity contribution in [2.24, 2.45) is 0 Å². The third-order valence-electron chi connectivity index (χ3n) is 2.78. The molecule has 0 radical (unpaired) electrons.